The quantitative estimate of drug-likeness (QED) is 0.932. The van der Waals surface area contributed by atoms with Gasteiger partial charge in [0.1, 0.15) is 5.69 Å². The first-order valence-electron chi connectivity index (χ1n) is 7.34. The number of aromatic nitrogens is 1. The summed E-state index contributed by atoms with van der Waals surface area (Å²) in [7, 11) is 1.80. The van der Waals surface area contributed by atoms with Crippen molar-refractivity contribution in [3.63, 3.8) is 0 Å². The number of aryl methyl sites for hydroxylation is 1. The monoisotopic (exact) mass is 336 g/mol. The Morgan fingerprint density at radius 2 is 2.13 bits per heavy atom. The number of carboxylic acid groups (broad SMARTS) is 1. The van der Waals surface area contributed by atoms with Gasteiger partial charge in [0.15, 0.2) is 0 Å². The number of rotatable bonds is 3. The highest BCUT2D eigenvalue weighted by Crippen LogP contribution is 2.31. The van der Waals surface area contributed by atoms with Crippen LogP contribution in [0.1, 0.15) is 16.9 Å². The molecule has 0 bridgehead atoms. The SMILES string of the molecule is Cn1c(C(=O)N2CCOC(CC(=O)O)C2)c(Cl)c2ccccc21. The van der Waals surface area contributed by atoms with E-state index in [1.165, 1.54) is 0 Å². The van der Waals surface area contributed by atoms with Crippen molar-refractivity contribution in [2.75, 3.05) is 19.7 Å². The number of aliphatic carboxylic acids is 1. The molecule has 1 amide bonds. The molecule has 6 nitrogen and oxygen atoms in total. The van der Waals surface area contributed by atoms with E-state index in [9.17, 15) is 9.59 Å². The van der Waals surface area contributed by atoms with Crippen LogP contribution >= 0.6 is 11.6 Å². The van der Waals surface area contributed by atoms with Gasteiger partial charge in [-0.05, 0) is 6.07 Å². The average Bonchev–Trinajstić information content (AvgIpc) is 2.78. The Hall–Kier alpha value is -2.05. The number of halogens is 1. The number of carbonyl (C=O) groups excluding carboxylic acids is 1. The van der Waals surface area contributed by atoms with Crippen molar-refractivity contribution in [1.82, 2.24) is 9.47 Å². The van der Waals surface area contributed by atoms with Crippen LogP contribution < -0.4 is 0 Å². The molecule has 7 heteroatoms. The Bertz CT molecular complexity index is 732. The fraction of sp³-hybridized carbons (Fsp3) is 0.375. The molecule has 1 fully saturated rings. The minimum Gasteiger partial charge on any atom is -0.481 e. The van der Waals surface area contributed by atoms with E-state index in [0.717, 1.165) is 10.9 Å². The van der Waals surface area contributed by atoms with Crippen LogP contribution in [0.25, 0.3) is 10.9 Å². The first-order chi connectivity index (χ1) is 11.0. The normalized spacial score (nSPS) is 18.3. The van der Waals surface area contributed by atoms with Crippen LogP contribution in [0.5, 0.6) is 0 Å². The Morgan fingerprint density at radius 1 is 1.39 bits per heavy atom. The molecule has 1 aromatic carbocycles. The Balaban J connectivity index is 1.90. The number of para-hydroxylation sites is 1. The topological polar surface area (TPSA) is 71.8 Å². The molecule has 3 rings (SSSR count). The van der Waals surface area contributed by atoms with Crippen molar-refractivity contribution in [3.8, 4) is 0 Å². The molecule has 2 heterocycles. The zero-order valence-corrected chi connectivity index (χ0v) is 13.4. The van der Waals surface area contributed by atoms with Gasteiger partial charge in [-0.2, -0.15) is 0 Å². The van der Waals surface area contributed by atoms with E-state index in [0.29, 0.717) is 23.9 Å². The maximum absolute atomic E-state index is 12.9. The largest absolute Gasteiger partial charge is 0.481 e. The number of hydrogen-bond acceptors (Lipinski definition) is 3. The number of carboxylic acids is 1. The van der Waals surface area contributed by atoms with Gasteiger partial charge in [0.2, 0.25) is 0 Å². The summed E-state index contributed by atoms with van der Waals surface area (Å²) < 4.78 is 7.19. The second-order valence-electron chi connectivity index (χ2n) is 5.58. The molecule has 1 aliphatic heterocycles. The van der Waals surface area contributed by atoms with E-state index in [1.54, 1.807) is 16.5 Å². The van der Waals surface area contributed by atoms with Gasteiger partial charge in [-0.3, -0.25) is 9.59 Å². The van der Waals surface area contributed by atoms with E-state index in [4.69, 9.17) is 21.4 Å². The first kappa shape index (κ1) is 15.8. The van der Waals surface area contributed by atoms with Crippen molar-refractivity contribution in [2.24, 2.45) is 7.05 Å². The van der Waals surface area contributed by atoms with E-state index < -0.39 is 12.1 Å². The maximum atomic E-state index is 12.9. The van der Waals surface area contributed by atoms with Crippen LogP contribution in [0.4, 0.5) is 0 Å². The van der Waals surface area contributed by atoms with Crippen molar-refractivity contribution < 1.29 is 19.4 Å². The molecule has 1 saturated heterocycles. The first-order valence-corrected chi connectivity index (χ1v) is 7.72. The summed E-state index contributed by atoms with van der Waals surface area (Å²) in [5.41, 5.74) is 1.31. The summed E-state index contributed by atoms with van der Waals surface area (Å²) >= 11 is 6.40. The summed E-state index contributed by atoms with van der Waals surface area (Å²) in [6.07, 6.45) is -0.606. The second-order valence-corrected chi connectivity index (χ2v) is 5.96. The molecule has 2 aromatic rings. The number of morpholine rings is 1. The lowest BCUT2D eigenvalue weighted by molar-refractivity contribution is -0.141. The maximum Gasteiger partial charge on any atom is 0.306 e. The molecule has 0 radical (unpaired) electrons. The highest BCUT2D eigenvalue weighted by atomic mass is 35.5. The van der Waals surface area contributed by atoms with Crippen LogP contribution in [-0.2, 0) is 16.6 Å². The van der Waals surface area contributed by atoms with Gasteiger partial charge in [-0.25, -0.2) is 0 Å². The van der Waals surface area contributed by atoms with Crippen molar-refractivity contribution in [1.29, 1.82) is 0 Å². The molecule has 122 valence electrons. The second kappa shape index (κ2) is 6.22. The van der Waals surface area contributed by atoms with E-state index in [-0.39, 0.29) is 18.9 Å². The molecule has 1 atom stereocenters. The third-order valence-corrected chi connectivity index (χ3v) is 4.46. The summed E-state index contributed by atoms with van der Waals surface area (Å²) in [5, 5.41) is 10.1. The van der Waals surface area contributed by atoms with E-state index in [2.05, 4.69) is 0 Å². The Labute approximate surface area is 138 Å². The molecule has 1 aromatic heterocycles. The lowest BCUT2D eigenvalue weighted by Gasteiger charge is -2.32. The number of carbonyl (C=O) groups is 2. The van der Waals surface area contributed by atoms with Crippen molar-refractivity contribution >= 4 is 34.4 Å². The Kier molecular flexibility index (Phi) is 4.28. The molecular formula is C16H17ClN2O4. The minimum absolute atomic E-state index is 0.118. The standard InChI is InChI=1S/C16H17ClN2O4/c1-18-12-5-3-2-4-11(12)14(17)15(18)16(22)19-6-7-23-10(9-19)8-13(20)21/h2-5,10H,6-9H2,1H3,(H,20,21). The smallest absolute Gasteiger partial charge is 0.306 e. The van der Waals surface area contributed by atoms with E-state index >= 15 is 0 Å². The van der Waals surface area contributed by atoms with Crippen LogP contribution in [-0.4, -0.2) is 52.3 Å². The molecular weight excluding hydrogens is 320 g/mol. The predicted molar refractivity (Wildman–Crippen MR) is 85.8 cm³/mol. The van der Waals surface area contributed by atoms with Gasteiger partial charge >= 0.3 is 5.97 Å². The van der Waals surface area contributed by atoms with Gasteiger partial charge in [0.05, 0.1) is 24.2 Å². The molecule has 1 unspecified atom stereocenters. The number of hydrogen-bond donors (Lipinski definition) is 1. The fourth-order valence-corrected chi connectivity index (χ4v) is 3.32. The molecule has 0 spiro atoms. The molecule has 23 heavy (non-hydrogen) atoms. The fourth-order valence-electron chi connectivity index (χ4n) is 2.96. The van der Waals surface area contributed by atoms with Crippen LogP contribution in [0.2, 0.25) is 5.02 Å². The lowest BCUT2D eigenvalue weighted by atomic mass is 10.2. The van der Waals surface area contributed by atoms with Crippen LogP contribution in [0, 0.1) is 0 Å². The molecule has 0 aliphatic carbocycles. The van der Waals surface area contributed by atoms with Gasteiger partial charge in [0.25, 0.3) is 5.91 Å². The highest BCUT2D eigenvalue weighted by Gasteiger charge is 2.30. The number of amides is 1. The lowest BCUT2D eigenvalue weighted by Crippen LogP contribution is -2.46. The van der Waals surface area contributed by atoms with Crippen LogP contribution in [0.15, 0.2) is 24.3 Å². The summed E-state index contributed by atoms with van der Waals surface area (Å²) in [5.74, 6) is -1.14. The zero-order chi connectivity index (χ0) is 16.6. The van der Waals surface area contributed by atoms with Gasteiger partial charge in [-0.15, -0.1) is 0 Å². The van der Waals surface area contributed by atoms with Gasteiger partial charge in [0, 0.05) is 31.0 Å². The molecule has 1 aliphatic rings. The number of fused-ring (bicyclic) bond motifs is 1. The van der Waals surface area contributed by atoms with Crippen LogP contribution in [0.3, 0.4) is 0 Å². The minimum atomic E-state index is -0.938. The zero-order valence-electron chi connectivity index (χ0n) is 12.7. The Morgan fingerprint density at radius 3 is 2.83 bits per heavy atom. The predicted octanol–water partition coefficient (Wildman–Crippen LogP) is 2.15. The van der Waals surface area contributed by atoms with Gasteiger partial charge in [-0.1, -0.05) is 29.8 Å². The number of benzene rings is 1. The summed E-state index contributed by atoms with van der Waals surface area (Å²) in [6, 6.07) is 7.55. The number of ether oxygens (including phenoxy) is 1. The third-order valence-electron chi connectivity index (χ3n) is 4.08. The summed E-state index contributed by atoms with van der Waals surface area (Å²) in [4.78, 5) is 25.3. The van der Waals surface area contributed by atoms with Gasteiger partial charge < -0.3 is 19.3 Å². The van der Waals surface area contributed by atoms with Crippen molar-refractivity contribution in [2.45, 2.75) is 12.5 Å². The third kappa shape index (κ3) is 2.92. The number of nitrogens with zero attached hydrogens (tertiary/aromatic N) is 2. The molecule has 0 saturated carbocycles. The van der Waals surface area contributed by atoms with E-state index in [1.807, 2.05) is 24.3 Å². The van der Waals surface area contributed by atoms with Crippen molar-refractivity contribution in [3.05, 3.63) is 35.0 Å². The summed E-state index contributed by atoms with van der Waals surface area (Å²) in [6.45, 7) is 1.00. The highest BCUT2D eigenvalue weighted by molar-refractivity contribution is 6.38. The average molecular weight is 337 g/mol. The molecule has 1 N–H and O–H groups in total.